The lowest BCUT2D eigenvalue weighted by Gasteiger charge is -2.30. The van der Waals surface area contributed by atoms with Gasteiger partial charge in [-0.15, -0.1) is 0 Å². The molecule has 2 aliphatic heterocycles. The molecule has 0 saturated carbocycles. The summed E-state index contributed by atoms with van der Waals surface area (Å²) in [6.07, 6.45) is 9.98. The first kappa shape index (κ1) is 20.8. The third-order valence-electron chi connectivity index (χ3n) is 6.10. The zero-order chi connectivity index (χ0) is 19.8. The van der Waals surface area contributed by atoms with Crippen LogP contribution >= 0.6 is 0 Å². The minimum absolute atomic E-state index is 0.177. The lowest BCUT2D eigenvalue weighted by atomic mass is 9.99. The largest absolute Gasteiger partial charge is 0.374 e. The van der Waals surface area contributed by atoms with E-state index in [1.807, 2.05) is 12.1 Å². The predicted octanol–water partition coefficient (Wildman–Crippen LogP) is 3.74. The van der Waals surface area contributed by atoms with Crippen LogP contribution in [-0.2, 0) is 16.0 Å². The highest BCUT2D eigenvalue weighted by atomic mass is 16.2. The Balaban J connectivity index is 1.28. The monoisotopic (exact) mass is 385 g/mol. The van der Waals surface area contributed by atoms with E-state index < -0.39 is 0 Å². The van der Waals surface area contributed by atoms with E-state index in [0.29, 0.717) is 12.8 Å². The molecule has 5 nitrogen and oxygen atoms in total. The molecule has 0 aromatic heterocycles. The zero-order valence-electron chi connectivity index (χ0n) is 17.2. The first-order chi connectivity index (χ1) is 13.6. The standard InChI is InChI=1S/C23H35N3O2/c1-18-13-16-26(17-14-18)15-5-3-2-4-6-19-7-9-20(10-8-19)24-21-11-12-22(27)25-23(21)28/h7-10,18,21,24H,2-6,11-17H2,1H3,(H,25,27,28). The smallest absolute Gasteiger partial charge is 0.249 e. The number of benzene rings is 1. The first-order valence-corrected chi connectivity index (χ1v) is 11.0. The van der Waals surface area contributed by atoms with E-state index in [-0.39, 0.29) is 17.9 Å². The Morgan fingerprint density at radius 1 is 1.00 bits per heavy atom. The second kappa shape index (κ2) is 10.6. The summed E-state index contributed by atoms with van der Waals surface area (Å²) >= 11 is 0. The Labute approximate surface area is 169 Å². The average Bonchev–Trinajstić information content (AvgIpc) is 2.69. The number of carbonyl (C=O) groups excluding carboxylic acids is 2. The van der Waals surface area contributed by atoms with E-state index >= 15 is 0 Å². The van der Waals surface area contributed by atoms with Gasteiger partial charge in [-0.2, -0.15) is 0 Å². The quantitative estimate of drug-likeness (QED) is 0.502. The van der Waals surface area contributed by atoms with Crippen LogP contribution in [0.5, 0.6) is 0 Å². The summed E-state index contributed by atoms with van der Waals surface area (Å²) in [7, 11) is 0. The van der Waals surface area contributed by atoms with Crippen molar-refractivity contribution in [3.8, 4) is 0 Å². The lowest BCUT2D eigenvalue weighted by Crippen LogP contribution is -2.47. The number of amides is 2. The van der Waals surface area contributed by atoms with Crippen LogP contribution in [0.15, 0.2) is 24.3 Å². The number of hydrogen-bond acceptors (Lipinski definition) is 4. The molecule has 2 N–H and O–H groups in total. The van der Waals surface area contributed by atoms with Crippen LogP contribution in [0.2, 0.25) is 0 Å². The van der Waals surface area contributed by atoms with Crippen molar-refractivity contribution in [1.29, 1.82) is 0 Å². The molecular weight excluding hydrogens is 350 g/mol. The molecule has 2 heterocycles. The lowest BCUT2D eigenvalue weighted by molar-refractivity contribution is -0.133. The first-order valence-electron chi connectivity index (χ1n) is 11.0. The summed E-state index contributed by atoms with van der Waals surface area (Å²) < 4.78 is 0. The van der Waals surface area contributed by atoms with Crippen LogP contribution < -0.4 is 10.6 Å². The van der Waals surface area contributed by atoms with Gasteiger partial charge < -0.3 is 10.2 Å². The van der Waals surface area contributed by atoms with Gasteiger partial charge in [0, 0.05) is 12.1 Å². The maximum Gasteiger partial charge on any atom is 0.249 e. The fraction of sp³-hybridized carbons (Fsp3) is 0.652. The third-order valence-corrected chi connectivity index (χ3v) is 6.10. The van der Waals surface area contributed by atoms with Gasteiger partial charge in [0.15, 0.2) is 0 Å². The molecule has 1 aromatic rings. The Kier molecular flexibility index (Phi) is 7.90. The highest BCUT2D eigenvalue weighted by Gasteiger charge is 2.26. The molecule has 0 radical (unpaired) electrons. The van der Waals surface area contributed by atoms with Crippen LogP contribution in [0, 0.1) is 5.92 Å². The molecule has 1 unspecified atom stereocenters. The van der Waals surface area contributed by atoms with Crippen LogP contribution in [0.25, 0.3) is 0 Å². The number of piperidine rings is 2. The van der Waals surface area contributed by atoms with Gasteiger partial charge in [-0.05, 0) is 81.8 Å². The molecule has 0 bridgehead atoms. The van der Waals surface area contributed by atoms with Gasteiger partial charge in [0.1, 0.15) is 6.04 Å². The highest BCUT2D eigenvalue weighted by molar-refractivity contribution is 6.01. The number of rotatable bonds is 9. The Morgan fingerprint density at radius 3 is 2.43 bits per heavy atom. The Morgan fingerprint density at radius 2 is 1.71 bits per heavy atom. The molecule has 0 spiro atoms. The topological polar surface area (TPSA) is 61.4 Å². The van der Waals surface area contributed by atoms with Crippen LogP contribution in [0.1, 0.15) is 63.9 Å². The van der Waals surface area contributed by atoms with Crippen molar-refractivity contribution < 1.29 is 9.59 Å². The molecule has 2 fully saturated rings. The average molecular weight is 386 g/mol. The number of imide groups is 1. The van der Waals surface area contributed by atoms with E-state index in [0.717, 1.165) is 18.0 Å². The molecule has 1 atom stereocenters. The predicted molar refractivity (Wildman–Crippen MR) is 113 cm³/mol. The zero-order valence-corrected chi connectivity index (χ0v) is 17.2. The van der Waals surface area contributed by atoms with E-state index in [2.05, 4.69) is 34.6 Å². The van der Waals surface area contributed by atoms with Gasteiger partial charge in [0.2, 0.25) is 11.8 Å². The molecule has 3 rings (SSSR count). The van der Waals surface area contributed by atoms with Crippen molar-refractivity contribution in [3.63, 3.8) is 0 Å². The highest BCUT2D eigenvalue weighted by Crippen LogP contribution is 2.18. The molecule has 1 aromatic carbocycles. The van der Waals surface area contributed by atoms with E-state index in [1.54, 1.807) is 0 Å². The normalized spacial score (nSPS) is 21.5. The van der Waals surface area contributed by atoms with Crippen molar-refractivity contribution in [2.45, 2.75) is 70.8 Å². The Bertz CT molecular complexity index is 636. The maximum atomic E-state index is 11.8. The van der Waals surface area contributed by atoms with Crippen molar-refractivity contribution in [3.05, 3.63) is 29.8 Å². The number of aryl methyl sites for hydroxylation is 1. The molecule has 28 heavy (non-hydrogen) atoms. The summed E-state index contributed by atoms with van der Waals surface area (Å²) in [6, 6.07) is 8.05. The van der Waals surface area contributed by atoms with E-state index in [4.69, 9.17) is 0 Å². The van der Waals surface area contributed by atoms with Gasteiger partial charge in [-0.25, -0.2) is 0 Å². The number of carbonyl (C=O) groups is 2. The number of likely N-dealkylation sites (tertiary alicyclic amines) is 1. The van der Waals surface area contributed by atoms with Crippen LogP contribution in [0.4, 0.5) is 5.69 Å². The van der Waals surface area contributed by atoms with Crippen molar-refractivity contribution >= 4 is 17.5 Å². The van der Waals surface area contributed by atoms with Gasteiger partial charge in [-0.3, -0.25) is 14.9 Å². The van der Waals surface area contributed by atoms with Crippen molar-refractivity contribution in [2.75, 3.05) is 25.0 Å². The fourth-order valence-electron chi connectivity index (χ4n) is 4.10. The summed E-state index contributed by atoms with van der Waals surface area (Å²) in [5.41, 5.74) is 2.29. The third kappa shape index (κ3) is 6.62. The summed E-state index contributed by atoms with van der Waals surface area (Å²) in [5, 5.41) is 5.61. The maximum absolute atomic E-state index is 11.8. The number of anilines is 1. The minimum Gasteiger partial charge on any atom is -0.374 e. The number of unbranched alkanes of at least 4 members (excludes halogenated alkanes) is 3. The molecule has 2 amide bonds. The minimum atomic E-state index is -0.313. The summed E-state index contributed by atoms with van der Waals surface area (Å²) in [5.74, 6) is 0.519. The van der Waals surface area contributed by atoms with E-state index in [1.165, 1.54) is 63.7 Å². The van der Waals surface area contributed by atoms with Crippen LogP contribution in [-0.4, -0.2) is 42.4 Å². The van der Waals surface area contributed by atoms with Gasteiger partial charge >= 0.3 is 0 Å². The van der Waals surface area contributed by atoms with E-state index in [9.17, 15) is 9.59 Å². The molecular formula is C23H35N3O2. The molecule has 2 aliphatic rings. The Hall–Kier alpha value is -1.88. The van der Waals surface area contributed by atoms with Gasteiger partial charge in [-0.1, -0.05) is 31.9 Å². The van der Waals surface area contributed by atoms with Crippen molar-refractivity contribution in [1.82, 2.24) is 10.2 Å². The molecule has 5 heteroatoms. The SMILES string of the molecule is CC1CCN(CCCCCCc2ccc(NC3CCC(=O)NC3=O)cc2)CC1. The molecule has 2 saturated heterocycles. The second-order valence-corrected chi connectivity index (χ2v) is 8.53. The number of hydrogen-bond donors (Lipinski definition) is 2. The number of nitrogens with zero attached hydrogens (tertiary/aromatic N) is 1. The van der Waals surface area contributed by atoms with Crippen LogP contribution in [0.3, 0.4) is 0 Å². The molecule has 0 aliphatic carbocycles. The summed E-state index contributed by atoms with van der Waals surface area (Å²) in [4.78, 5) is 25.7. The number of nitrogens with one attached hydrogen (secondary N) is 2. The van der Waals surface area contributed by atoms with Gasteiger partial charge in [0.05, 0.1) is 0 Å². The molecule has 154 valence electrons. The van der Waals surface area contributed by atoms with Crippen molar-refractivity contribution in [2.24, 2.45) is 5.92 Å². The summed E-state index contributed by atoms with van der Waals surface area (Å²) in [6.45, 7) is 6.23. The second-order valence-electron chi connectivity index (χ2n) is 8.53. The fourth-order valence-corrected chi connectivity index (χ4v) is 4.10. The van der Waals surface area contributed by atoms with Gasteiger partial charge in [0.25, 0.3) is 0 Å².